The molecule has 0 aliphatic carbocycles. The van der Waals surface area contributed by atoms with Crippen LogP contribution in [0.3, 0.4) is 0 Å². The van der Waals surface area contributed by atoms with Gasteiger partial charge in [-0.2, -0.15) is 0 Å². The van der Waals surface area contributed by atoms with E-state index in [0.29, 0.717) is 30.4 Å². The van der Waals surface area contributed by atoms with E-state index in [1.54, 1.807) is 48.0 Å². The molecule has 134 valence electrons. The summed E-state index contributed by atoms with van der Waals surface area (Å²) in [6.45, 7) is 2.60. The number of nitrogens with one attached hydrogen (secondary N) is 1. The molecule has 0 radical (unpaired) electrons. The summed E-state index contributed by atoms with van der Waals surface area (Å²) in [6.07, 6.45) is 3.73. The van der Waals surface area contributed by atoms with Crippen LogP contribution in [0.5, 0.6) is 0 Å². The van der Waals surface area contributed by atoms with Crippen LogP contribution >= 0.6 is 0 Å². The van der Waals surface area contributed by atoms with Gasteiger partial charge in [0.1, 0.15) is 6.04 Å². The first-order valence-electron chi connectivity index (χ1n) is 8.47. The third-order valence-corrected chi connectivity index (χ3v) is 4.26. The van der Waals surface area contributed by atoms with Crippen LogP contribution in [-0.4, -0.2) is 26.6 Å². The van der Waals surface area contributed by atoms with Gasteiger partial charge >= 0.3 is 0 Å². The van der Waals surface area contributed by atoms with E-state index in [1.165, 1.54) is 17.0 Å². The lowest BCUT2D eigenvalue weighted by Gasteiger charge is -2.15. The molecule has 1 aromatic carbocycles. The molecule has 1 atom stereocenters. The van der Waals surface area contributed by atoms with E-state index in [4.69, 9.17) is 0 Å². The third-order valence-electron chi connectivity index (χ3n) is 4.26. The van der Waals surface area contributed by atoms with Crippen LogP contribution in [0.2, 0.25) is 0 Å². The predicted molar refractivity (Wildman–Crippen MR) is 99.0 cm³/mol. The van der Waals surface area contributed by atoms with Gasteiger partial charge in [-0.3, -0.25) is 19.0 Å². The van der Waals surface area contributed by atoms with Crippen molar-refractivity contribution in [3.63, 3.8) is 0 Å². The van der Waals surface area contributed by atoms with Gasteiger partial charge in [0.25, 0.3) is 5.56 Å². The second-order valence-corrected chi connectivity index (χ2v) is 6.03. The monoisotopic (exact) mass is 352 g/mol. The first kappa shape index (κ1) is 17.6. The normalized spacial score (nSPS) is 12.0. The van der Waals surface area contributed by atoms with Gasteiger partial charge in [-0.15, -0.1) is 0 Å². The number of nitrogens with zero attached hydrogens (tertiary/aromatic N) is 3. The molecule has 2 aromatic heterocycles. The maximum atomic E-state index is 12.5. The van der Waals surface area contributed by atoms with Crippen molar-refractivity contribution in [2.45, 2.75) is 25.9 Å². The number of hydrogen-bond acceptors (Lipinski definition) is 4. The highest BCUT2D eigenvalue weighted by Crippen LogP contribution is 2.08. The Morgan fingerprint density at radius 2 is 1.92 bits per heavy atom. The molecule has 3 rings (SSSR count). The smallest absolute Gasteiger partial charge is 0.261 e. The largest absolute Gasteiger partial charge is 0.354 e. The highest BCUT2D eigenvalue weighted by Gasteiger charge is 2.17. The molecule has 0 fully saturated rings. The molecule has 0 saturated heterocycles. The maximum absolute atomic E-state index is 12.5. The first-order valence-corrected chi connectivity index (χ1v) is 8.47. The number of aryl methyl sites for hydroxylation is 1. The van der Waals surface area contributed by atoms with Gasteiger partial charge in [0.2, 0.25) is 11.5 Å². The Labute approximate surface area is 149 Å². The van der Waals surface area contributed by atoms with Crippen LogP contribution in [0.15, 0.2) is 64.6 Å². The maximum Gasteiger partial charge on any atom is 0.261 e. The standard InChI is InChI=1S/C19H20N4O3/c1-14(23-13-21-16-8-3-2-7-15(16)19(23)26)18(25)20-10-6-12-22-11-5-4-9-17(22)24/h2-5,7-9,11,13-14H,6,10,12H2,1H3,(H,20,25)/t14-/m0/s1. The van der Waals surface area contributed by atoms with Gasteiger partial charge in [-0.1, -0.05) is 18.2 Å². The fourth-order valence-corrected chi connectivity index (χ4v) is 2.74. The lowest BCUT2D eigenvalue weighted by molar-refractivity contribution is -0.123. The molecule has 0 saturated carbocycles. The second kappa shape index (κ2) is 7.77. The quantitative estimate of drug-likeness (QED) is 0.678. The lowest BCUT2D eigenvalue weighted by Crippen LogP contribution is -2.36. The zero-order valence-corrected chi connectivity index (χ0v) is 14.5. The molecule has 2 heterocycles. The second-order valence-electron chi connectivity index (χ2n) is 6.03. The third kappa shape index (κ3) is 3.72. The van der Waals surface area contributed by atoms with Crippen molar-refractivity contribution in [2.24, 2.45) is 0 Å². The van der Waals surface area contributed by atoms with Crippen LogP contribution in [0.25, 0.3) is 10.9 Å². The van der Waals surface area contributed by atoms with Gasteiger partial charge in [0.15, 0.2) is 0 Å². The minimum absolute atomic E-state index is 0.0685. The molecule has 0 unspecified atom stereocenters. The topological polar surface area (TPSA) is 86.0 Å². The average molecular weight is 352 g/mol. The SMILES string of the molecule is C[C@@H](C(=O)NCCCn1ccccc1=O)n1cnc2ccccc2c1=O. The van der Waals surface area contributed by atoms with Crippen molar-refractivity contribution in [3.8, 4) is 0 Å². The molecule has 0 spiro atoms. The lowest BCUT2D eigenvalue weighted by atomic mass is 10.2. The Kier molecular flexibility index (Phi) is 5.26. The molecule has 0 aliphatic heterocycles. The van der Waals surface area contributed by atoms with Crippen LogP contribution < -0.4 is 16.4 Å². The first-order chi connectivity index (χ1) is 12.6. The number of carbonyl (C=O) groups excluding carboxylic acids is 1. The Bertz CT molecular complexity index is 1040. The minimum atomic E-state index is -0.668. The highest BCUT2D eigenvalue weighted by molar-refractivity contribution is 5.81. The summed E-state index contributed by atoms with van der Waals surface area (Å²) in [6, 6.07) is 11.4. The molecule has 3 aromatic rings. The van der Waals surface area contributed by atoms with Crippen LogP contribution in [0.4, 0.5) is 0 Å². The minimum Gasteiger partial charge on any atom is -0.354 e. The predicted octanol–water partition coefficient (Wildman–Crippen LogP) is 1.33. The molecule has 7 heteroatoms. The van der Waals surface area contributed by atoms with E-state index in [-0.39, 0.29) is 17.0 Å². The molecular weight excluding hydrogens is 332 g/mol. The molecule has 1 amide bonds. The van der Waals surface area contributed by atoms with Crippen molar-refractivity contribution in [1.82, 2.24) is 19.4 Å². The zero-order chi connectivity index (χ0) is 18.5. The van der Waals surface area contributed by atoms with Gasteiger partial charge < -0.3 is 9.88 Å². The molecule has 26 heavy (non-hydrogen) atoms. The van der Waals surface area contributed by atoms with Crippen molar-refractivity contribution in [3.05, 3.63) is 75.7 Å². The zero-order valence-electron chi connectivity index (χ0n) is 14.5. The van der Waals surface area contributed by atoms with Crippen LogP contribution in [0.1, 0.15) is 19.4 Å². The number of amides is 1. The van der Waals surface area contributed by atoms with Crippen LogP contribution in [-0.2, 0) is 11.3 Å². The Morgan fingerprint density at radius 1 is 1.15 bits per heavy atom. The Morgan fingerprint density at radius 3 is 2.73 bits per heavy atom. The highest BCUT2D eigenvalue weighted by atomic mass is 16.2. The Balaban J connectivity index is 1.61. The summed E-state index contributed by atoms with van der Waals surface area (Å²) in [5, 5.41) is 3.29. The van der Waals surface area contributed by atoms with Gasteiger partial charge in [-0.05, 0) is 31.5 Å². The van der Waals surface area contributed by atoms with E-state index in [1.807, 2.05) is 6.07 Å². The summed E-state index contributed by atoms with van der Waals surface area (Å²) in [4.78, 5) is 40.7. The van der Waals surface area contributed by atoms with E-state index in [2.05, 4.69) is 10.3 Å². The number of para-hydroxylation sites is 1. The number of hydrogen-bond donors (Lipinski definition) is 1. The van der Waals surface area contributed by atoms with Gasteiger partial charge in [-0.25, -0.2) is 4.98 Å². The van der Waals surface area contributed by atoms with Crippen molar-refractivity contribution >= 4 is 16.8 Å². The number of fused-ring (bicyclic) bond motifs is 1. The number of pyridine rings is 1. The molecule has 7 nitrogen and oxygen atoms in total. The summed E-state index contributed by atoms with van der Waals surface area (Å²) < 4.78 is 2.92. The average Bonchev–Trinajstić information content (AvgIpc) is 2.66. The van der Waals surface area contributed by atoms with Gasteiger partial charge in [0.05, 0.1) is 17.2 Å². The van der Waals surface area contributed by atoms with E-state index >= 15 is 0 Å². The number of rotatable bonds is 6. The summed E-state index contributed by atoms with van der Waals surface area (Å²) >= 11 is 0. The molecule has 1 N–H and O–H groups in total. The number of benzene rings is 1. The number of aromatic nitrogens is 3. The fourth-order valence-electron chi connectivity index (χ4n) is 2.74. The Hall–Kier alpha value is -3.22. The summed E-state index contributed by atoms with van der Waals surface area (Å²) in [5.41, 5.74) is 0.296. The van der Waals surface area contributed by atoms with Crippen LogP contribution in [0, 0.1) is 0 Å². The fraction of sp³-hybridized carbons (Fsp3) is 0.263. The number of carbonyl (C=O) groups is 1. The molecule has 0 bridgehead atoms. The van der Waals surface area contributed by atoms with E-state index in [0.717, 1.165) is 0 Å². The molecular formula is C19H20N4O3. The summed E-state index contributed by atoms with van der Waals surface area (Å²) in [5.74, 6) is -0.260. The summed E-state index contributed by atoms with van der Waals surface area (Å²) in [7, 11) is 0. The van der Waals surface area contributed by atoms with Crippen molar-refractivity contribution in [2.75, 3.05) is 6.54 Å². The van der Waals surface area contributed by atoms with Crippen molar-refractivity contribution < 1.29 is 4.79 Å². The van der Waals surface area contributed by atoms with Crippen molar-refractivity contribution in [1.29, 1.82) is 0 Å². The molecule has 0 aliphatic rings. The van der Waals surface area contributed by atoms with Gasteiger partial charge in [0, 0.05) is 25.4 Å². The van der Waals surface area contributed by atoms with E-state index in [9.17, 15) is 14.4 Å². The van der Waals surface area contributed by atoms with E-state index < -0.39 is 6.04 Å².